The van der Waals surface area contributed by atoms with Crippen molar-refractivity contribution < 1.29 is 0 Å². The van der Waals surface area contributed by atoms with Gasteiger partial charge in [-0.2, -0.15) is 0 Å². The molecule has 1 aromatic rings. The van der Waals surface area contributed by atoms with E-state index in [1.54, 1.807) is 11.8 Å². The molecular formula is C11H17NS. The van der Waals surface area contributed by atoms with E-state index in [0.29, 0.717) is 0 Å². The van der Waals surface area contributed by atoms with Crippen LogP contribution in [0.25, 0.3) is 0 Å². The summed E-state index contributed by atoms with van der Waals surface area (Å²) in [7, 11) is 0. The molecule has 0 bridgehead atoms. The molecule has 0 fully saturated rings. The molecule has 0 saturated heterocycles. The zero-order valence-corrected chi connectivity index (χ0v) is 9.53. The third kappa shape index (κ3) is 2.26. The quantitative estimate of drug-likeness (QED) is 0.734. The van der Waals surface area contributed by atoms with Crippen molar-refractivity contribution >= 4 is 11.8 Å². The molecule has 0 spiro atoms. The molecule has 0 saturated carbocycles. The Labute approximate surface area is 84.7 Å². The van der Waals surface area contributed by atoms with Crippen LogP contribution in [0.15, 0.2) is 17.0 Å². The van der Waals surface area contributed by atoms with E-state index in [2.05, 4.69) is 32.2 Å². The van der Waals surface area contributed by atoms with Gasteiger partial charge in [-0.1, -0.05) is 0 Å². The summed E-state index contributed by atoms with van der Waals surface area (Å²) in [6, 6.07) is 4.54. The minimum absolute atomic E-state index is 0.130. The number of hydrogen-bond acceptors (Lipinski definition) is 2. The van der Waals surface area contributed by atoms with Crippen LogP contribution in [-0.4, -0.2) is 6.26 Å². The molecule has 0 amide bonds. The van der Waals surface area contributed by atoms with Gasteiger partial charge in [-0.25, -0.2) is 0 Å². The first kappa shape index (κ1) is 10.6. The topological polar surface area (TPSA) is 26.0 Å². The highest BCUT2D eigenvalue weighted by molar-refractivity contribution is 7.98. The fraction of sp³-hybridized carbons (Fsp3) is 0.455. The van der Waals surface area contributed by atoms with Crippen LogP contribution in [0.1, 0.15) is 29.7 Å². The van der Waals surface area contributed by atoms with E-state index in [-0.39, 0.29) is 6.04 Å². The lowest BCUT2D eigenvalue weighted by Crippen LogP contribution is -2.07. The molecule has 1 rings (SSSR count). The minimum atomic E-state index is 0.130. The van der Waals surface area contributed by atoms with Gasteiger partial charge in [0.1, 0.15) is 0 Å². The lowest BCUT2D eigenvalue weighted by Gasteiger charge is -2.13. The largest absolute Gasteiger partial charge is 0.324 e. The minimum Gasteiger partial charge on any atom is -0.324 e. The molecule has 0 aromatic heterocycles. The Bertz CT molecular complexity index is 305. The van der Waals surface area contributed by atoms with Gasteiger partial charge >= 0.3 is 0 Å². The maximum absolute atomic E-state index is 5.90. The summed E-state index contributed by atoms with van der Waals surface area (Å²) in [4.78, 5) is 1.30. The number of thioether (sulfide) groups is 1. The van der Waals surface area contributed by atoms with Crippen LogP contribution in [0.2, 0.25) is 0 Å². The van der Waals surface area contributed by atoms with E-state index in [1.807, 2.05) is 6.92 Å². The van der Waals surface area contributed by atoms with Crippen LogP contribution < -0.4 is 5.73 Å². The number of benzene rings is 1. The third-order valence-corrected chi connectivity index (χ3v) is 3.11. The Morgan fingerprint density at radius 2 is 1.92 bits per heavy atom. The highest BCUT2D eigenvalue weighted by Gasteiger charge is 2.07. The number of aryl methyl sites for hydroxylation is 1. The highest BCUT2D eigenvalue weighted by atomic mass is 32.2. The van der Waals surface area contributed by atoms with Crippen LogP contribution >= 0.6 is 11.8 Å². The summed E-state index contributed by atoms with van der Waals surface area (Å²) in [6.45, 7) is 6.31. The van der Waals surface area contributed by atoms with Crippen molar-refractivity contribution in [1.82, 2.24) is 0 Å². The summed E-state index contributed by atoms with van der Waals surface area (Å²) in [5, 5.41) is 0. The van der Waals surface area contributed by atoms with Crippen molar-refractivity contribution in [2.75, 3.05) is 6.26 Å². The van der Waals surface area contributed by atoms with Gasteiger partial charge in [0.2, 0.25) is 0 Å². The molecular weight excluding hydrogens is 178 g/mol. The van der Waals surface area contributed by atoms with E-state index >= 15 is 0 Å². The van der Waals surface area contributed by atoms with Crippen molar-refractivity contribution in [1.29, 1.82) is 0 Å². The van der Waals surface area contributed by atoms with E-state index < -0.39 is 0 Å². The monoisotopic (exact) mass is 195 g/mol. The molecule has 1 aromatic carbocycles. The zero-order valence-electron chi connectivity index (χ0n) is 8.72. The van der Waals surface area contributed by atoms with Gasteiger partial charge in [-0.05, 0) is 55.9 Å². The summed E-state index contributed by atoms with van der Waals surface area (Å²) >= 11 is 1.77. The molecule has 0 radical (unpaired) electrons. The molecule has 13 heavy (non-hydrogen) atoms. The van der Waals surface area contributed by atoms with E-state index in [1.165, 1.54) is 21.6 Å². The van der Waals surface area contributed by atoms with Crippen molar-refractivity contribution in [3.8, 4) is 0 Å². The van der Waals surface area contributed by atoms with Crippen molar-refractivity contribution in [3.05, 3.63) is 28.8 Å². The van der Waals surface area contributed by atoms with Crippen LogP contribution in [0.3, 0.4) is 0 Å². The van der Waals surface area contributed by atoms with Gasteiger partial charge in [0, 0.05) is 10.9 Å². The average molecular weight is 195 g/mol. The zero-order chi connectivity index (χ0) is 10.0. The number of rotatable bonds is 2. The Morgan fingerprint density at radius 1 is 1.31 bits per heavy atom. The van der Waals surface area contributed by atoms with Crippen LogP contribution in [0.4, 0.5) is 0 Å². The van der Waals surface area contributed by atoms with Crippen LogP contribution in [0, 0.1) is 13.8 Å². The van der Waals surface area contributed by atoms with Gasteiger partial charge < -0.3 is 5.73 Å². The van der Waals surface area contributed by atoms with E-state index in [9.17, 15) is 0 Å². The predicted octanol–water partition coefficient (Wildman–Crippen LogP) is 3.05. The fourth-order valence-electron chi connectivity index (χ4n) is 1.44. The lowest BCUT2D eigenvalue weighted by atomic mass is 9.99. The second kappa shape index (κ2) is 4.16. The van der Waals surface area contributed by atoms with Gasteiger partial charge in [-0.15, -0.1) is 11.8 Å². The molecule has 72 valence electrons. The standard InChI is InChI=1S/C11H17NS/c1-7-5-10(13-4)6-11(8(7)2)9(3)12/h5-6,9H,12H2,1-4H3. The molecule has 2 N–H and O–H groups in total. The first-order valence-corrected chi connectivity index (χ1v) is 5.69. The van der Waals surface area contributed by atoms with Gasteiger partial charge in [0.15, 0.2) is 0 Å². The molecule has 1 nitrogen and oxygen atoms in total. The number of nitrogens with two attached hydrogens (primary N) is 1. The Kier molecular flexibility index (Phi) is 3.40. The van der Waals surface area contributed by atoms with Crippen LogP contribution in [-0.2, 0) is 0 Å². The first-order chi connectivity index (χ1) is 6.06. The molecule has 0 aliphatic rings. The second-order valence-electron chi connectivity index (χ2n) is 3.45. The Hall–Kier alpha value is -0.470. The SMILES string of the molecule is CSc1cc(C)c(C)c(C(C)N)c1. The highest BCUT2D eigenvalue weighted by Crippen LogP contribution is 2.25. The van der Waals surface area contributed by atoms with E-state index in [4.69, 9.17) is 5.73 Å². The van der Waals surface area contributed by atoms with Crippen LogP contribution in [0.5, 0.6) is 0 Å². The Balaban J connectivity index is 3.25. The molecule has 1 unspecified atom stereocenters. The fourth-order valence-corrected chi connectivity index (χ4v) is 1.98. The van der Waals surface area contributed by atoms with Crippen molar-refractivity contribution in [2.45, 2.75) is 31.7 Å². The van der Waals surface area contributed by atoms with Crippen molar-refractivity contribution in [3.63, 3.8) is 0 Å². The summed E-state index contributed by atoms with van der Waals surface area (Å²) in [6.07, 6.45) is 2.09. The molecule has 2 heteroatoms. The van der Waals surface area contributed by atoms with Gasteiger partial charge in [0.25, 0.3) is 0 Å². The van der Waals surface area contributed by atoms with Gasteiger partial charge in [-0.3, -0.25) is 0 Å². The summed E-state index contributed by atoms with van der Waals surface area (Å²) in [5.74, 6) is 0. The normalized spacial score (nSPS) is 13.0. The predicted molar refractivity (Wildman–Crippen MR) is 60.3 cm³/mol. The maximum atomic E-state index is 5.90. The van der Waals surface area contributed by atoms with Gasteiger partial charge in [0.05, 0.1) is 0 Å². The number of hydrogen-bond donors (Lipinski definition) is 1. The molecule has 0 heterocycles. The van der Waals surface area contributed by atoms with E-state index in [0.717, 1.165) is 0 Å². The molecule has 0 aliphatic carbocycles. The molecule has 1 atom stereocenters. The average Bonchev–Trinajstić information content (AvgIpc) is 2.09. The first-order valence-electron chi connectivity index (χ1n) is 4.47. The Morgan fingerprint density at radius 3 is 2.38 bits per heavy atom. The third-order valence-electron chi connectivity index (χ3n) is 2.41. The second-order valence-corrected chi connectivity index (χ2v) is 4.33. The van der Waals surface area contributed by atoms with Crippen molar-refractivity contribution in [2.24, 2.45) is 5.73 Å². The summed E-state index contributed by atoms with van der Waals surface area (Å²) < 4.78 is 0. The summed E-state index contributed by atoms with van der Waals surface area (Å²) in [5.41, 5.74) is 9.82. The maximum Gasteiger partial charge on any atom is 0.0269 e. The molecule has 0 aliphatic heterocycles. The smallest absolute Gasteiger partial charge is 0.0269 e. The lowest BCUT2D eigenvalue weighted by molar-refractivity contribution is 0.804.